The van der Waals surface area contributed by atoms with Crippen molar-refractivity contribution in [3.05, 3.63) is 88.9 Å². The number of aryl methyl sites for hydroxylation is 1. The molecular weight excluding hydrogens is 568 g/mol. The van der Waals surface area contributed by atoms with E-state index in [9.17, 15) is 14.4 Å². The number of amides is 3. The van der Waals surface area contributed by atoms with E-state index >= 15 is 0 Å². The van der Waals surface area contributed by atoms with Gasteiger partial charge in [0.15, 0.2) is 18.1 Å². The molecule has 0 aromatic heterocycles. The van der Waals surface area contributed by atoms with Gasteiger partial charge in [0.05, 0.1) is 13.3 Å². The van der Waals surface area contributed by atoms with Crippen molar-refractivity contribution in [3.63, 3.8) is 0 Å². The molecule has 0 aliphatic heterocycles. The zero-order chi connectivity index (χ0) is 28.2. The van der Waals surface area contributed by atoms with Crippen LogP contribution in [0.2, 0.25) is 0 Å². The molecule has 0 radical (unpaired) electrons. The quantitative estimate of drug-likeness (QED) is 0.130. The number of rotatable bonds is 11. The third-order valence-corrected chi connectivity index (χ3v) is 5.57. The summed E-state index contributed by atoms with van der Waals surface area (Å²) in [6.45, 7) is 5.59. The minimum Gasteiger partial charge on any atom is -0.493 e. The molecule has 0 saturated heterocycles. The van der Waals surface area contributed by atoms with Gasteiger partial charge in [-0.05, 0) is 78.7 Å². The Labute approximate surface area is 234 Å². The number of carbonyl (C=O) groups excluding carboxylic acids is 3. The van der Waals surface area contributed by atoms with Crippen LogP contribution in [0.5, 0.6) is 17.2 Å². The highest BCUT2D eigenvalue weighted by Crippen LogP contribution is 2.28. The predicted molar refractivity (Wildman–Crippen MR) is 152 cm³/mol. The lowest BCUT2D eigenvalue weighted by Crippen LogP contribution is -2.32. The fourth-order valence-electron chi connectivity index (χ4n) is 3.17. The van der Waals surface area contributed by atoms with Gasteiger partial charge in [-0.25, -0.2) is 5.43 Å². The summed E-state index contributed by atoms with van der Waals surface area (Å²) in [7, 11) is 1.46. The molecule has 0 fully saturated rings. The third kappa shape index (κ3) is 9.00. The molecule has 3 aromatic rings. The van der Waals surface area contributed by atoms with Crippen molar-refractivity contribution >= 4 is 51.2 Å². The van der Waals surface area contributed by atoms with Crippen molar-refractivity contribution in [2.75, 3.05) is 31.0 Å². The summed E-state index contributed by atoms with van der Waals surface area (Å²) in [5.41, 5.74) is 4.75. The van der Waals surface area contributed by atoms with Crippen molar-refractivity contribution in [3.8, 4) is 17.2 Å². The van der Waals surface area contributed by atoms with E-state index in [0.717, 1.165) is 10.0 Å². The molecule has 0 bridgehead atoms. The SMILES string of the molecule is C=CCOc1ccc(NC(=O)C(=O)N/N=C\c2ccc(OCC(=O)Nc3ccc(Br)cc3C)c(OC)c2)cc1. The number of hydrogen-bond donors (Lipinski definition) is 3. The summed E-state index contributed by atoms with van der Waals surface area (Å²) in [5.74, 6) is -0.848. The molecule has 0 heterocycles. The zero-order valence-corrected chi connectivity index (χ0v) is 22.9. The van der Waals surface area contributed by atoms with Gasteiger partial charge in [-0.15, -0.1) is 0 Å². The summed E-state index contributed by atoms with van der Waals surface area (Å²) < 4.78 is 17.2. The molecule has 3 rings (SSSR count). The molecule has 3 aromatic carbocycles. The van der Waals surface area contributed by atoms with Crippen LogP contribution in [-0.4, -0.2) is 44.3 Å². The van der Waals surface area contributed by atoms with E-state index in [2.05, 4.69) is 43.7 Å². The highest BCUT2D eigenvalue weighted by atomic mass is 79.9. The second kappa shape index (κ2) is 14.3. The molecule has 0 atom stereocenters. The van der Waals surface area contributed by atoms with Crippen LogP contribution in [0.4, 0.5) is 11.4 Å². The van der Waals surface area contributed by atoms with E-state index < -0.39 is 11.8 Å². The van der Waals surface area contributed by atoms with Crippen LogP contribution in [0.25, 0.3) is 0 Å². The van der Waals surface area contributed by atoms with Crippen LogP contribution in [0.3, 0.4) is 0 Å². The van der Waals surface area contributed by atoms with Crippen LogP contribution in [0, 0.1) is 6.92 Å². The fraction of sp³-hybridized carbons (Fsp3) is 0.143. The van der Waals surface area contributed by atoms with Crippen molar-refractivity contribution in [2.24, 2.45) is 5.10 Å². The van der Waals surface area contributed by atoms with E-state index in [0.29, 0.717) is 40.8 Å². The first kappa shape index (κ1) is 28.9. The third-order valence-electron chi connectivity index (χ3n) is 5.07. The van der Waals surface area contributed by atoms with E-state index in [-0.39, 0.29) is 12.5 Å². The maximum Gasteiger partial charge on any atom is 0.329 e. The molecular formula is C28H27BrN4O6. The largest absolute Gasteiger partial charge is 0.493 e. The number of methoxy groups -OCH3 is 1. The first-order valence-electron chi connectivity index (χ1n) is 11.6. The van der Waals surface area contributed by atoms with Crippen molar-refractivity contribution in [1.29, 1.82) is 0 Å². The lowest BCUT2D eigenvalue weighted by molar-refractivity contribution is -0.136. The van der Waals surface area contributed by atoms with Crippen LogP contribution in [0.1, 0.15) is 11.1 Å². The van der Waals surface area contributed by atoms with Crippen LogP contribution >= 0.6 is 15.9 Å². The molecule has 0 saturated carbocycles. The fourth-order valence-corrected chi connectivity index (χ4v) is 3.65. The lowest BCUT2D eigenvalue weighted by Gasteiger charge is -2.12. The average Bonchev–Trinajstić information content (AvgIpc) is 2.93. The molecule has 3 N–H and O–H groups in total. The molecule has 11 heteroatoms. The highest BCUT2D eigenvalue weighted by Gasteiger charge is 2.13. The second-order valence-corrected chi connectivity index (χ2v) is 8.90. The van der Waals surface area contributed by atoms with Gasteiger partial charge < -0.3 is 24.8 Å². The van der Waals surface area contributed by atoms with Gasteiger partial charge in [-0.2, -0.15) is 5.10 Å². The van der Waals surface area contributed by atoms with Gasteiger partial charge in [0.2, 0.25) is 0 Å². The zero-order valence-electron chi connectivity index (χ0n) is 21.3. The summed E-state index contributed by atoms with van der Waals surface area (Å²) in [6.07, 6.45) is 2.96. The normalized spacial score (nSPS) is 10.4. The van der Waals surface area contributed by atoms with E-state index in [1.54, 1.807) is 54.6 Å². The first-order valence-corrected chi connectivity index (χ1v) is 12.4. The maximum absolute atomic E-state index is 12.3. The summed E-state index contributed by atoms with van der Waals surface area (Å²) >= 11 is 3.39. The summed E-state index contributed by atoms with van der Waals surface area (Å²) in [6, 6.07) is 16.9. The van der Waals surface area contributed by atoms with Crippen molar-refractivity contribution < 1.29 is 28.6 Å². The highest BCUT2D eigenvalue weighted by molar-refractivity contribution is 9.10. The standard InChI is InChI=1S/C28H27BrN4O6/c1-4-13-38-22-9-7-21(8-10-22)31-27(35)28(36)33-30-16-19-5-12-24(25(15-19)37-3)39-17-26(34)32-23-11-6-20(29)14-18(23)2/h4-12,14-16H,1,13,17H2,2-3H3,(H,31,35)(H,32,34)(H,33,36)/b30-16-. The van der Waals surface area contributed by atoms with Crippen LogP contribution in [0.15, 0.2) is 82.9 Å². The first-order chi connectivity index (χ1) is 18.8. The average molecular weight is 595 g/mol. The molecule has 10 nitrogen and oxygen atoms in total. The van der Waals surface area contributed by atoms with Crippen LogP contribution in [-0.2, 0) is 14.4 Å². The Morgan fingerprint density at radius 3 is 2.41 bits per heavy atom. The smallest absolute Gasteiger partial charge is 0.329 e. The topological polar surface area (TPSA) is 127 Å². The monoisotopic (exact) mass is 594 g/mol. The maximum atomic E-state index is 12.3. The number of hydrazone groups is 1. The second-order valence-electron chi connectivity index (χ2n) is 7.98. The van der Waals surface area contributed by atoms with Crippen molar-refractivity contribution in [1.82, 2.24) is 5.43 Å². The Bertz CT molecular complexity index is 1370. The minimum atomic E-state index is -0.947. The number of nitrogens with one attached hydrogen (secondary N) is 3. The molecule has 3 amide bonds. The van der Waals surface area contributed by atoms with Gasteiger partial charge in [0.1, 0.15) is 12.4 Å². The molecule has 0 aliphatic carbocycles. The van der Waals surface area contributed by atoms with Gasteiger partial charge >= 0.3 is 11.8 Å². The Morgan fingerprint density at radius 2 is 1.72 bits per heavy atom. The number of halogens is 1. The Kier molecular flexibility index (Phi) is 10.6. The van der Waals surface area contributed by atoms with Gasteiger partial charge in [-0.3, -0.25) is 14.4 Å². The number of anilines is 2. The van der Waals surface area contributed by atoms with Gasteiger partial charge in [0, 0.05) is 15.8 Å². The Hall–Kier alpha value is -4.64. The lowest BCUT2D eigenvalue weighted by atomic mass is 10.2. The number of hydrogen-bond acceptors (Lipinski definition) is 7. The molecule has 202 valence electrons. The molecule has 39 heavy (non-hydrogen) atoms. The predicted octanol–water partition coefficient (Wildman–Crippen LogP) is 4.44. The van der Waals surface area contributed by atoms with Gasteiger partial charge in [0.25, 0.3) is 5.91 Å². The van der Waals surface area contributed by atoms with E-state index in [4.69, 9.17) is 14.2 Å². The molecule has 0 unspecified atom stereocenters. The summed E-state index contributed by atoms with van der Waals surface area (Å²) in [5, 5.41) is 9.09. The number of ether oxygens (including phenoxy) is 3. The summed E-state index contributed by atoms with van der Waals surface area (Å²) in [4.78, 5) is 36.5. The number of nitrogens with zero attached hydrogens (tertiary/aromatic N) is 1. The van der Waals surface area contributed by atoms with Crippen molar-refractivity contribution in [2.45, 2.75) is 6.92 Å². The number of benzene rings is 3. The van der Waals surface area contributed by atoms with Crippen LogP contribution < -0.4 is 30.3 Å². The number of carbonyl (C=O) groups is 3. The van der Waals surface area contributed by atoms with E-state index in [1.165, 1.54) is 13.3 Å². The Morgan fingerprint density at radius 1 is 0.949 bits per heavy atom. The minimum absolute atomic E-state index is 0.227. The molecule has 0 spiro atoms. The van der Waals surface area contributed by atoms with Gasteiger partial charge in [-0.1, -0.05) is 28.6 Å². The Balaban J connectivity index is 1.50. The molecule has 0 aliphatic rings. The van der Waals surface area contributed by atoms with E-state index in [1.807, 2.05) is 19.1 Å².